The van der Waals surface area contributed by atoms with E-state index in [1.165, 1.54) is 12.8 Å². The third-order valence-corrected chi connectivity index (χ3v) is 11.5. The molecule has 5 aliphatic rings. The number of anilines is 2. The second-order valence-corrected chi connectivity index (χ2v) is 13.6. The molecule has 1 atom stereocenters. The first kappa shape index (κ1) is 27.3. The minimum absolute atomic E-state index is 0.00770. The fraction of sp³-hybridized carbons (Fsp3) is 0.562. The molecule has 2 N–H and O–H groups in total. The Morgan fingerprint density at radius 1 is 0.976 bits per heavy atom. The number of pyridine rings is 1. The van der Waals surface area contributed by atoms with Gasteiger partial charge in [0.1, 0.15) is 17.9 Å². The van der Waals surface area contributed by atoms with E-state index in [0.29, 0.717) is 18.7 Å². The summed E-state index contributed by atoms with van der Waals surface area (Å²) in [6.45, 7) is 0.965. The zero-order valence-corrected chi connectivity index (χ0v) is 25.7. The number of benzene rings is 1. The van der Waals surface area contributed by atoms with Gasteiger partial charge in [-0.05, 0) is 67.9 Å². The van der Waals surface area contributed by atoms with E-state index in [-0.39, 0.29) is 29.8 Å². The van der Waals surface area contributed by atoms with Crippen LogP contribution >= 0.6 is 22.6 Å². The quantitative estimate of drug-likeness (QED) is 0.274. The number of nitrogens with one attached hydrogen (secondary N) is 2. The number of amides is 3. The number of piperazine rings is 1. The standard InChI is InChI=1S/C32H38IN5O3/c33-21-37-20-30(11-3-1-2-4-12-30)38(29(41)32(37)13-5-6-14-32)19-26(39)35-24-10-9-22-17-31(18-23(22)16-24)25-8-7-15-34-27(25)36-28(31)40/h7-10,15-16H,1-6,11-14,17-21H2,(H,35,39)(H,34,36,40)/t31-/m1/s1. The number of hydrogen-bond donors (Lipinski definition) is 2. The van der Waals surface area contributed by atoms with Gasteiger partial charge in [0, 0.05) is 24.0 Å². The molecule has 3 amide bonds. The number of hydrogen-bond acceptors (Lipinski definition) is 5. The number of carbonyl (C=O) groups excluding carboxylic acids is 3. The molecule has 7 rings (SSSR count). The molecule has 3 spiro atoms. The Labute approximate surface area is 255 Å². The van der Waals surface area contributed by atoms with Crippen LogP contribution in [0.2, 0.25) is 0 Å². The van der Waals surface area contributed by atoms with Gasteiger partial charge in [0.05, 0.1) is 15.5 Å². The maximum atomic E-state index is 14.4. The Balaban J connectivity index is 1.12. The van der Waals surface area contributed by atoms with Gasteiger partial charge >= 0.3 is 0 Å². The molecule has 2 saturated carbocycles. The summed E-state index contributed by atoms with van der Waals surface area (Å²) >= 11 is 2.43. The van der Waals surface area contributed by atoms with Gasteiger partial charge in [-0.2, -0.15) is 0 Å². The number of halogens is 1. The zero-order chi connectivity index (χ0) is 28.2. The third-order valence-electron chi connectivity index (χ3n) is 10.7. The highest BCUT2D eigenvalue weighted by atomic mass is 127. The molecule has 8 nitrogen and oxygen atoms in total. The van der Waals surface area contributed by atoms with E-state index < -0.39 is 11.0 Å². The van der Waals surface area contributed by atoms with Crippen LogP contribution in [0.15, 0.2) is 36.5 Å². The van der Waals surface area contributed by atoms with E-state index in [4.69, 9.17) is 0 Å². The molecule has 9 heteroatoms. The number of alkyl halides is 1. The van der Waals surface area contributed by atoms with Crippen molar-refractivity contribution in [2.24, 2.45) is 0 Å². The number of nitrogens with zero attached hydrogens (tertiary/aromatic N) is 3. The lowest BCUT2D eigenvalue weighted by molar-refractivity contribution is -0.166. The van der Waals surface area contributed by atoms with Crippen LogP contribution in [0.5, 0.6) is 0 Å². The summed E-state index contributed by atoms with van der Waals surface area (Å²) in [6, 6.07) is 9.85. The average molecular weight is 668 g/mol. The van der Waals surface area contributed by atoms with Crippen LogP contribution < -0.4 is 10.6 Å². The summed E-state index contributed by atoms with van der Waals surface area (Å²) in [5.74, 6) is 0.676. The lowest BCUT2D eigenvalue weighted by atomic mass is 9.79. The molecule has 2 aromatic rings. The van der Waals surface area contributed by atoms with E-state index in [1.54, 1.807) is 6.20 Å². The molecule has 0 bridgehead atoms. The van der Waals surface area contributed by atoms with Crippen molar-refractivity contribution >= 4 is 51.8 Å². The molecule has 3 fully saturated rings. The van der Waals surface area contributed by atoms with Gasteiger partial charge in [0.15, 0.2) is 0 Å². The first-order valence-corrected chi connectivity index (χ1v) is 16.7. The maximum Gasteiger partial charge on any atom is 0.244 e. The third kappa shape index (κ3) is 4.32. The first-order valence-electron chi connectivity index (χ1n) is 15.2. The van der Waals surface area contributed by atoms with Crippen LogP contribution in [-0.2, 0) is 32.6 Å². The molecule has 1 saturated heterocycles. The molecule has 0 unspecified atom stereocenters. The minimum atomic E-state index is -0.638. The predicted molar refractivity (Wildman–Crippen MR) is 166 cm³/mol. The first-order chi connectivity index (χ1) is 19.9. The van der Waals surface area contributed by atoms with Crippen LogP contribution in [0.3, 0.4) is 0 Å². The van der Waals surface area contributed by atoms with E-state index in [1.807, 2.05) is 35.2 Å². The van der Waals surface area contributed by atoms with Gasteiger partial charge in [-0.25, -0.2) is 4.98 Å². The Morgan fingerprint density at radius 2 is 1.71 bits per heavy atom. The van der Waals surface area contributed by atoms with Gasteiger partial charge in [-0.1, -0.05) is 73.2 Å². The average Bonchev–Trinajstić information content (AvgIpc) is 3.62. The molecule has 1 aromatic heterocycles. The highest BCUT2D eigenvalue weighted by molar-refractivity contribution is 14.1. The van der Waals surface area contributed by atoms with Crippen molar-refractivity contribution in [3.63, 3.8) is 0 Å². The van der Waals surface area contributed by atoms with Gasteiger partial charge in [0.25, 0.3) is 0 Å². The largest absolute Gasteiger partial charge is 0.325 e. The van der Waals surface area contributed by atoms with Gasteiger partial charge in [-0.3, -0.25) is 19.3 Å². The van der Waals surface area contributed by atoms with Gasteiger partial charge < -0.3 is 15.5 Å². The highest BCUT2D eigenvalue weighted by Gasteiger charge is 2.58. The summed E-state index contributed by atoms with van der Waals surface area (Å²) in [5, 5.41) is 6.09. The Morgan fingerprint density at radius 3 is 2.46 bits per heavy atom. The molecule has 41 heavy (non-hydrogen) atoms. The molecule has 3 heterocycles. The van der Waals surface area contributed by atoms with Crippen molar-refractivity contribution in [1.82, 2.24) is 14.8 Å². The van der Waals surface area contributed by atoms with Crippen molar-refractivity contribution in [2.45, 2.75) is 93.5 Å². The summed E-state index contributed by atoms with van der Waals surface area (Å²) in [5.41, 5.74) is 2.51. The zero-order valence-electron chi connectivity index (χ0n) is 23.5. The minimum Gasteiger partial charge on any atom is -0.325 e. The number of aromatic nitrogens is 1. The highest BCUT2D eigenvalue weighted by Crippen LogP contribution is 2.48. The molecule has 0 radical (unpaired) electrons. The van der Waals surface area contributed by atoms with E-state index >= 15 is 0 Å². The molecule has 1 aromatic carbocycles. The molecule has 216 valence electrons. The van der Waals surface area contributed by atoms with Crippen LogP contribution in [0.1, 0.15) is 80.9 Å². The fourth-order valence-corrected chi connectivity index (χ4v) is 9.48. The summed E-state index contributed by atoms with van der Waals surface area (Å²) in [4.78, 5) is 50.0. The van der Waals surface area contributed by atoms with E-state index in [9.17, 15) is 14.4 Å². The monoisotopic (exact) mass is 667 g/mol. The predicted octanol–water partition coefficient (Wildman–Crippen LogP) is 4.95. The van der Waals surface area contributed by atoms with Crippen molar-refractivity contribution < 1.29 is 14.4 Å². The molecule has 2 aliphatic heterocycles. The van der Waals surface area contributed by atoms with Crippen molar-refractivity contribution in [3.05, 3.63) is 53.2 Å². The topological polar surface area (TPSA) is 94.6 Å². The fourth-order valence-electron chi connectivity index (χ4n) is 8.58. The normalized spacial score (nSPS) is 26.3. The Hall–Kier alpha value is -2.53. The van der Waals surface area contributed by atoms with Crippen LogP contribution in [0.25, 0.3) is 0 Å². The molecule has 3 aliphatic carbocycles. The van der Waals surface area contributed by atoms with Crippen LogP contribution in [0.4, 0.5) is 11.5 Å². The van der Waals surface area contributed by atoms with Crippen molar-refractivity contribution in [3.8, 4) is 0 Å². The second-order valence-electron chi connectivity index (χ2n) is 12.9. The van der Waals surface area contributed by atoms with Gasteiger partial charge in [0.2, 0.25) is 17.7 Å². The smallest absolute Gasteiger partial charge is 0.244 e. The maximum absolute atomic E-state index is 14.4. The number of carbonyl (C=O) groups is 3. The van der Waals surface area contributed by atoms with E-state index in [0.717, 1.165) is 84.8 Å². The lowest BCUT2D eigenvalue weighted by Gasteiger charge is -2.57. The Bertz CT molecular complexity index is 1400. The van der Waals surface area contributed by atoms with Gasteiger partial charge in [-0.15, -0.1) is 0 Å². The van der Waals surface area contributed by atoms with Crippen molar-refractivity contribution in [1.29, 1.82) is 0 Å². The van der Waals surface area contributed by atoms with E-state index in [2.05, 4.69) is 43.1 Å². The summed E-state index contributed by atoms with van der Waals surface area (Å²) in [6.07, 6.45) is 13.4. The summed E-state index contributed by atoms with van der Waals surface area (Å²) < 4.78 is 0.848. The molecular formula is C32H38IN5O3. The second kappa shape index (κ2) is 10.3. The number of fused-ring (bicyclic) bond motifs is 3. The number of rotatable bonds is 4. The van der Waals surface area contributed by atoms with Crippen LogP contribution in [-0.4, -0.2) is 61.2 Å². The Kier molecular flexibility index (Phi) is 6.88. The SMILES string of the molecule is O=C(CN1C(=O)C2(CCCC2)N(CI)CC12CCCCCC2)Nc1ccc2c(c1)C[C@@]1(C2)C(=O)Nc2ncccc21. The van der Waals surface area contributed by atoms with Crippen molar-refractivity contribution in [2.75, 3.05) is 28.3 Å². The lowest BCUT2D eigenvalue weighted by Crippen LogP contribution is -2.73. The summed E-state index contributed by atoms with van der Waals surface area (Å²) in [7, 11) is 0. The van der Waals surface area contributed by atoms with Crippen LogP contribution in [0, 0.1) is 0 Å². The molecular weight excluding hydrogens is 629 g/mol.